The third-order valence-electron chi connectivity index (χ3n) is 2.63. The number of methoxy groups -OCH3 is 1. The molecule has 0 atom stereocenters. The molecule has 0 saturated heterocycles. The van der Waals surface area contributed by atoms with E-state index in [2.05, 4.69) is 17.1 Å². The first-order valence-electron chi connectivity index (χ1n) is 5.71. The maximum absolute atomic E-state index is 8.58. The molecule has 0 aliphatic heterocycles. The summed E-state index contributed by atoms with van der Waals surface area (Å²) in [5.41, 5.74) is 3.11. The van der Waals surface area contributed by atoms with Crippen molar-refractivity contribution in [1.82, 2.24) is 4.98 Å². The highest BCUT2D eigenvalue weighted by molar-refractivity contribution is 7.09. The smallest absolute Gasteiger partial charge is 0.128 e. The molecule has 0 saturated carbocycles. The number of aryl methyl sites for hydroxylation is 2. The van der Waals surface area contributed by atoms with Crippen molar-refractivity contribution in [3.05, 3.63) is 34.2 Å². The number of nitrogens with zero attached hydrogens (tertiary/aromatic N) is 2. The summed E-state index contributed by atoms with van der Waals surface area (Å²) < 4.78 is 5.36. The first kappa shape index (κ1) is 12.6. The average molecular weight is 258 g/mol. The van der Waals surface area contributed by atoms with Gasteiger partial charge >= 0.3 is 0 Å². The van der Waals surface area contributed by atoms with Gasteiger partial charge in [-0.3, -0.25) is 0 Å². The van der Waals surface area contributed by atoms with E-state index < -0.39 is 0 Å². The Morgan fingerprint density at radius 2 is 2.28 bits per heavy atom. The molecule has 1 aromatic carbocycles. The normalized spacial score (nSPS) is 10.1. The first-order valence-corrected chi connectivity index (χ1v) is 6.59. The van der Waals surface area contributed by atoms with Crippen LogP contribution in [0.1, 0.15) is 17.0 Å². The molecule has 2 rings (SSSR count). The molecular formula is C14H14N2OS. The van der Waals surface area contributed by atoms with Gasteiger partial charge in [-0.25, -0.2) is 4.98 Å². The topological polar surface area (TPSA) is 45.9 Å². The summed E-state index contributed by atoms with van der Waals surface area (Å²) in [6.45, 7) is 2.05. The van der Waals surface area contributed by atoms with Crippen molar-refractivity contribution in [3.63, 3.8) is 0 Å². The van der Waals surface area contributed by atoms with Gasteiger partial charge in [0.25, 0.3) is 0 Å². The highest BCUT2D eigenvalue weighted by Crippen LogP contribution is 2.31. The summed E-state index contributed by atoms with van der Waals surface area (Å²) in [7, 11) is 1.66. The summed E-state index contributed by atoms with van der Waals surface area (Å²) in [6.07, 6.45) is 1.23. The Kier molecular flexibility index (Phi) is 3.96. The SMILES string of the molecule is COc1ccc(C)cc1-c1csc(CCC#N)n1. The molecule has 0 amide bonds. The lowest BCUT2D eigenvalue weighted by Gasteiger charge is -2.06. The minimum atomic E-state index is 0.512. The van der Waals surface area contributed by atoms with E-state index in [1.54, 1.807) is 18.4 Å². The molecule has 18 heavy (non-hydrogen) atoms. The van der Waals surface area contributed by atoms with Crippen molar-refractivity contribution < 1.29 is 4.74 Å². The predicted octanol–water partition coefficient (Wildman–Crippen LogP) is 3.58. The van der Waals surface area contributed by atoms with Gasteiger partial charge in [-0.1, -0.05) is 11.6 Å². The lowest BCUT2D eigenvalue weighted by molar-refractivity contribution is 0.416. The fourth-order valence-corrected chi connectivity index (χ4v) is 2.53. The Balaban J connectivity index is 2.33. The Morgan fingerprint density at radius 3 is 3.00 bits per heavy atom. The predicted molar refractivity (Wildman–Crippen MR) is 72.8 cm³/mol. The van der Waals surface area contributed by atoms with E-state index in [9.17, 15) is 0 Å². The van der Waals surface area contributed by atoms with Gasteiger partial charge in [0.05, 0.1) is 23.9 Å². The van der Waals surface area contributed by atoms with E-state index in [-0.39, 0.29) is 0 Å². The zero-order chi connectivity index (χ0) is 13.0. The zero-order valence-corrected chi connectivity index (χ0v) is 11.3. The van der Waals surface area contributed by atoms with E-state index >= 15 is 0 Å². The van der Waals surface area contributed by atoms with Gasteiger partial charge in [0.2, 0.25) is 0 Å². The van der Waals surface area contributed by atoms with Crippen LogP contribution in [0.3, 0.4) is 0 Å². The standard InChI is InChI=1S/C14H14N2OS/c1-10-5-6-13(17-2)11(8-10)12-9-18-14(16-12)4-3-7-15/h5-6,8-9H,3-4H2,1-2H3. The summed E-state index contributed by atoms with van der Waals surface area (Å²) in [5.74, 6) is 0.831. The van der Waals surface area contributed by atoms with Gasteiger partial charge in [0.1, 0.15) is 5.75 Å². The van der Waals surface area contributed by atoms with Crippen molar-refractivity contribution in [3.8, 4) is 23.1 Å². The molecule has 0 aliphatic rings. The zero-order valence-electron chi connectivity index (χ0n) is 10.4. The molecule has 0 unspecified atom stereocenters. The van der Waals surface area contributed by atoms with Crippen LogP contribution in [0.2, 0.25) is 0 Å². The quantitative estimate of drug-likeness (QED) is 0.842. The van der Waals surface area contributed by atoms with Gasteiger partial charge in [-0.15, -0.1) is 11.3 Å². The molecule has 0 bridgehead atoms. The monoisotopic (exact) mass is 258 g/mol. The Hall–Kier alpha value is -1.86. The highest BCUT2D eigenvalue weighted by Gasteiger charge is 2.10. The number of hydrogen-bond acceptors (Lipinski definition) is 4. The van der Waals surface area contributed by atoms with Crippen LogP contribution in [-0.4, -0.2) is 12.1 Å². The summed E-state index contributed by atoms with van der Waals surface area (Å²) >= 11 is 1.59. The van der Waals surface area contributed by atoms with Crippen LogP contribution in [0.15, 0.2) is 23.6 Å². The number of nitriles is 1. The number of ether oxygens (including phenoxy) is 1. The third kappa shape index (κ3) is 2.69. The van der Waals surface area contributed by atoms with Gasteiger partial charge in [0.15, 0.2) is 0 Å². The van der Waals surface area contributed by atoms with E-state index in [4.69, 9.17) is 10.00 Å². The van der Waals surface area contributed by atoms with Crippen LogP contribution in [0.5, 0.6) is 5.75 Å². The van der Waals surface area contributed by atoms with Gasteiger partial charge in [-0.2, -0.15) is 5.26 Å². The highest BCUT2D eigenvalue weighted by atomic mass is 32.1. The Labute approximate surface area is 111 Å². The molecule has 0 radical (unpaired) electrons. The summed E-state index contributed by atoms with van der Waals surface area (Å²) in [4.78, 5) is 4.56. The molecule has 4 heteroatoms. The largest absolute Gasteiger partial charge is 0.496 e. The number of thiazole rings is 1. The van der Waals surface area contributed by atoms with Crippen molar-refractivity contribution >= 4 is 11.3 Å². The van der Waals surface area contributed by atoms with Crippen LogP contribution in [0.25, 0.3) is 11.3 Å². The number of hydrogen-bond donors (Lipinski definition) is 0. The van der Waals surface area contributed by atoms with Crippen molar-refractivity contribution in [2.75, 3.05) is 7.11 Å². The molecule has 0 fully saturated rings. The lowest BCUT2D eigenvalue weighted by atomic mass is 10.1. The van der Waals surface area contributed by atoms with E-state index in [0.717, 1.165) is 28.4 Å². The second-order valence-corrected chi connectivity index (χ2v) is 4.93. The average Bonchev–Trinajstić information content (AvgIpc) is 2.85. The molecule has 1 heterocycles. The van der Waals surface area contributed by atoms with Crippen LogP contribution in [-0.2, 0) is 6.42 Å². The number of aromatic nitrogens is 1. The van der Waals surface area contributed by atoms with Crippen molar-refractivity contribution in [2.24, 2.45) is 0 Å². The maximum atomic E-state index is 8.58. The van der Waals surface area contributed by atoms with Gasteiger partial charge in [-0.05, 0) is 19.1 Å². The summed E-state index contributed by atoms with van der Waals surface area (Å²) in [5, 5.41) is 11.6. The minimum Gasteiger partial charge on any atom is -0.496 e. The fourth-order valence-electron chi connectivity index (χ4n) is 1.73. The van der Waals surface area contributed by atoms with Gasteiger partial charge < -0.3 is 4.74 Å². The van der Waals surface area contributed by atoms with Crippen molar-refractivity contribution in [1.29, 1.82) is 5.26 Å². The molecule has 3 nitrogen and oxygen atoms in total. The first-order chi connectivity index (χ1) is 8.74. The molecule has 0 N–H and O–H groups in total. The second-order valence-electron chi connectivity index (χ2n) is 3.99. The molecular weight excluding hydrogens is 244 g/mol. The minimum absolute atomic E-state index is 0.512. The molecule has 2 aromatic rings. The second kappa shape index (κ2) is 5.65. The van der Waals surface area contributed by atoms with Crippen molar-refractivity contribution in [2.45, 2.75) is 19.8 Å². The van der Waals surface area contributed by atoms with Crippen LogP contribution in [0, 0.1) is 18.3 Å². The van der Waals surface area contributed by atoms with E-state index in [0.29, 0.717) is 6.42 Å². The van der Waals surface area contributed by atoms with Gasteiger partial charge in [0, 0.05) is 23.8 Å². The van der Waals surface area contributed by atoms with Crippen LogP contribution >= 0.6 is 11.3 Å². The Morgan fingerprint density at radius 1 is 1.44 bits per heavy atom. The number of benzene rings is 1. The summed E-state index contributed by atoms with van der Waals surface area (Å²) in [6, 6.07) is 8.19. The lowest BCUT2D eigenvalue weighted by Crippen LogP contribution is -1.90. The maximum Gasteiger partial charge on any atom is 0.128 e. The van der Waals surface area contributed by atoms with E-state index in [1.807, 2.05) is 24.4 Å². The van der Waals surface area contributed by atoms with Crippen LogP contribution in [0.4, 0.5) is 0 Å². The Bertz CT molecular complexity index is 584. The van der Waals surface area contributed by atoms with E-state index in [1.165, 1.54) is 5.56 Å². The molecule has 92 valence electrons. The molecule has 1 aromatic heterocycles. The van der Waals surface area contributed by atoms with Crippen LogP contribution < -0.4 is 4.74 Å². The molecule has 0 spiro atoms. The number of rotatable bonds is 4. The fraction of sp³-hybridized carbons (Fsp3) is 0.286. The molecule has 0 aliphatic carbocycles. The third-order valence-corrected chi connectivity index (χ3v) is 3.54.